The molecule has 1 fully saturated rings. The predicted octanol–water partition coefficient (Wildman–Crippen LogP) is 6.31. The maximum Gasteiger partial charge on any atom is 0.197 e. The molecule has 0 saturated heterocycles. The molecule has 144 valence electrons. The maximum atomic E-state index is 5.67. The number of thioether (sulfide) groups is 1. The zero-order valence-electron chi connectivity index (χ0n) is 15.9. The molecule has 0 bridgehead atoms. The van der Waals surface area contributed by atoms with Crippen LogP contribution in [0.4, 0.5) is 5.00 Å². The van der Waals surface area contributed by atoms with Gasteiger partial charge >= 0.3 is 0 Å². The van der Waals surface area contributed by atoms with Crippen molar-refractivity contribution in [2.75, 3.05) is 10.8 Å². The maximum absolute atomic E-state index is 5.67. The van der Waals surface area contributed by atoms with Crippen molar-refractivity contribution in [2.24, 2.45) is 10.9 Å². The molecule has 2 N–H and O–H groups in total. The Morgan fingerprint density at radius 2 is 2.07 bits per heavy atom. The van der Waals surface area contributed by atoms with Crippen molar-refractivity contribution in [1.29, 1.82) is 0 Å². The van der Waals surface area contributed by atoms with Crippen molar-refractivity contribution in [3.05, 3.63) is 51.4 Å². The van der Waals surface area contributed by atoms with E-state index in [-0.39, 0.29) is 0 Å². The number of rotatable bonds is 6. The Morgan fingerprint density at radius 3 is 2.78 bits per heavy atom. The van der Waals surface area contributed by atoms with E-state index in [4.69, 9.17) is 5.84 Å². The van der Waals surface area contributed by atoms with Crippen LogP contribution < -0.4 is 10.7 Å². The summed E-state index contributed by atoms with van der Waals surface area (Å²) in [5, 5.41) is 5.76. The van der Waals surface area contributed by atoms with Gasteiger partial charge in [0.05, 0.1) is 5.88 Å². The van der Waals surface area contributed by atoms with E-state index in [0.29, 0.717) is 5.25 Å². The quantitative estimate of drug-likeness (QED) is 0.136. The number of thiophene rings is 1. The van der Waals surface area contributed by atoms with Crippen LogP contribution in [0.3, 0.4) is 0 Å². The number of fused-ring (bicyclic) bond motifs is 1. The number of nitrogens with two attached hydrogens (primary N) is 1. The monoisotopic (exact) mass is 463 g/mol. The Balaban J connectivity index is 1.58. The highest BCUT2D eigenvalue weighted by molar-refractivity contribution is 9.18. The van der Waals surface area contributed by atoms with E-state index in [2.05, 4.69) is 64.0 Å². The Labute approximate surface area is 178 Å². The van der Waals surface area contributed by atoms with Crippen molar-refractivity contribution in [3.63, 3.8) is 0 Å². The fraction of sp³-hybridized carbons (Fsp3) is 0.476. The summed E-state index contributed by atoms with van der Waals surface area (Å²) in [6.07, 6.45) is 6.43. The molecule has 2 aliphatic carbocycles. The minimum absolute atomic E-state index is 0.419. The van der Waals surface area contributed by atoms with Gasteiger partial charge in [0, 0.05) is 10.1 Å². The van der Waals surface area contributed by atoms with Gasteiger partial charge in [-0.05, 0) is 90.1 Å². The van der Waals surface area contributed by atoms with Crippen LogP contribution in [-0.4, -0.2) is 10.6 Å². The lowest BCUT2D eigenvalue weighted by Crippen LogP contribution is -2.27. The third kappa shape index (κ3) is 3.94. The van der Waals surface area contributed by atoms with E-state index in [0.717, 1.165) is 16.5 Å². The number of nitrogens with zero attached hydrogens (tertiary/aromatic N) is 2. The van der Waals surface area contributed by atoms with Crippen molar-refractivity contribution in [3.8, 4) is 0 Å². The summed E-state index contributed by atoms with van der Waals surface area (Å²) in [7, 11) is 0. The summed E-state index contributed by atoms with van der Waals surface area (Å²) in [6.45, 7) is 4.47. The van der Waals surface area contributed by atoms with Gasteiger partial charge in [-0.1, -0.05) is 24.3 Å². The summed E-state index contributed by atoms with van der Waals surface area (Å²) >= 11 is 7.53. The molecule has 0 aliphatic heterocycles. The van der Waals surface area contributed by atoms with E-state index in [1.165, 1.54) is 48.2 Å². The largest absolute Gasteiger partial charge is 0.321 e. The number of hydrogen-bond acceptors (Lipinski definition) is 4. The van der Waals surface area contributed by atoms with E-state index < -0.39 is 0 Å². The van der Waals surface area contributed by atoms with Crippen LogP contribution in [0.25, 0.3) is 0 Å². The molecule has 1 atom stereocenters. The first-order valence-corrected chi connectivity index (χ1v) is 12.3. The zero-order chi connectivity index (χ0) is 19.0. The second kappa shape index (κ2) is 8.18. The van der Waals surface area contributed by atoms with Gasteiger partial charge in [-0.2, -0.15) is 5.10 Å². The highest BCUT2D eigenvalue weighted by Gasteiger charge is 2.34. The van der Waals surface area contributed by atoms with E-state index in [1.807, 2.05) is 23.1 Å². The Kier molecular flexibility index (Phi) is 5.86. The third-order valence-corrected chi connectivity index (χ3v) is 8.84. The molecule has 0 radical (unpaired) electrons. The standard InChI is InChI=1S/C21H26BrN3S2/c1-13-6-3-4-7-16(13)14(2)26-12-25(21(22)24-23)20-18-9-5-8-17(18)19(27-20)15-10-11-15/h3-4,6-7,14-15H,5,8-12,23H2,1-2H3/b24-21-. The molecule has 1 saturated carbocycles. The first-order valence-electron chi connectivity index (χ1n) is 9.62. The van der Waals surface area contributed by atoms with Crippen LogP contribution in [0, 0.1) is 6.92 Å². The lowest BCUT2D eigenvalue weighted by Gasteiger charge is -2.24. The van der Waals surface area contributed by atoms with Crippen molar-refractivity contribution in [2.45, 2.75) is 57.1 Å². The van der Waals surface area contributed by atoms with E-state index in [9.17, 15) is 0 Å². The number of aryl methyl sites for hydroxylation is 1. The molecule has 27 heavy (non-hydrogen) atoms. The smallest absolute Gasteiger partial charge is 0.197 e. The first kappa shape index (κ1) is 19.3. The second-order valence-electron chi connectivity index (χ2n) is 7.48. The number of hydrogen-bond donors (Lipinski definition) is 1. The Bertz CT molecular complexity index is 857. The minimum atomic E-state index is 0.419. The third-order valence-electron chi connectivity index (χ3n) is 5.58. The molecule has 0 spiro atoms. The predicted molar refractivity (Wildman–Crippen MR) is 123 cm³/mol. The zero-order valence-corrected chi connectivity index (χ0v) is 19.1. The van der Waals surface area contributed by atoms with Crippen LogP contribution in [0.2, 0.25) is 0 Å². The van der Waals surface area contributed by atoms with Crippen LogP contribution in [-0.2, 0) is 12.8 Å². The highest BCUT2D eigenvalue weighted by atomic mass is 79.9. The van der Waals surface area contributed by atoms with Gasteiger partial charge in [-0.15, -0.1) is 23.1 Å². The fourth-order valence-electron chi connectivity index (χ4n) is 3.96. The topological polar surface area (TPSA) is 41.6 Å². The van der Waals surface area contributed by atoms with Gasteiger partial charge in [-0.25, -0.2) is 0 Å². The number of amidine groups is 1. The molecular formula is C21H26BrN3S2. The summed E-state index contributed by atoms with van der Waals surface area (Å²) in [5.41, 5.74) is 5.94. The Hall–Kier alpha value is -0.980. The van der Waals surface area contributed by atoms with Crippen molar-refractivity contribution in [1.82, 2.24) is 0 Å². The summed E-state index contributed by atoms with van der Waals surface area (Å²) in [4.78, 5) is 3.91. The normalized spacial score (nSPS) is 17.8. The van der Waals surface area contributed by atoms with Gasteiger partial charge in [0.15, 0.2) is 4.74 Å². The highest BCUT2D eigenvalue weighted by Crippen LogP contribution is 2.52. The molecular weight excluding hydrogens is 438 g/mol. The molecule has 6 heteroatoms. The lowest BCUT2D eigenvalue weighted by atomic mass is 10.1. The second-order valence-corrected chi connectivity index (χ2v) is 10.5. The van der Waals surface area contributed by atoms with Gasteiger partial charge in [0.25, 0.3) is 0 Å². The number of benzene rings is 1. The average Bonchev–Trinajstić information content (AvgIpc) is 3.29. The number of halogens is 1. The number of hydrazone groups is 1. The first-order chi connectivity index (χ1) is 13.1. The minimum Gasteiger partial charge on any atom is -0.321 e. The van der Waals surface area contributed by atoms with E-state index in [1.54, 1.807) is 16.0 Å². The Morgan fingerprint density at radius 1 is 1.33 bits per heavy atom. The molecule has 1 aromatic carbocycles. The molecule has 1 heterocycles. The summed E-state index contributed by atoms with van der Waals surface area (Å²) in [5.74, 6) is 7.32. The van der Waals surface area contributed by atoms with Crippen LogP contribution in [0.1, 0.15) is 64.5 Å². The van der Waals surface area contributed by atoms with Crippen LogP contribution in [0.15, 0.2) is 29.4 Å². The summed E-state index contributed by atoms with van der Waals surface area (Å²) in [6, 6.07) is 8.66. The molecule has 1 unspecified atom stereocenters. The molecule has 4 rings (SSSR count). The summed E-state index contributed by atoms with van der Waals surface area (Å²) < 4.78 is 0.727. The van der Waals surface area contributed by atoms with Crippen LogP contribution in [0.5, 0.6) is 0 Å². The van der Waals surface area contributed by atoms with E-state index >= 15 is 0 Å². The fourth-order valence-corrected chi connectivity index (χ4v) is 7.26. The van der Waals surface area contributed by atoms with Gasteiger partial charge in [-0.3, -0.25) is 0 Å². The van der Waals surface area contributed by atoms with Gasteiger partial charge in [0.1, 0.15) is 5.00 Å². The lowest BCUT2D eigenvalue weighted by molar-refractivity contribution is 0.904. The molecule has 0 amide bonds. The van der Waals surface area contributed by atoms with Crippen LogP contribution >= 0.6 is 39.0 Å². The van der Waals surface area contributed by atoms with Crippen molar-refractivity contribution < 1.29 is 0 Å². The molecule has 1 aromatic heterocycles. The van der Waals surface area contributed by atoms with Crippen molar-refractivity contribution >= 4 is 48.8 Å². The van der Waals surface area contributed by atoms with Gasteiger partial charge in [0.2, 0.25) is 0 Å². The number of anilines is 1. The molecule has 2 aromatic rings. The van der Waals surface area contributed by atoms with Gasteiger partial charge < -0.3 is 10.7 Å². The molecule has 2 aliphatic rings. The SMILES string of the molecule is Cc1ccccc1C(C)SCN(/C(Br)=N\N)c1sc(C2CC2)c2c1CCC2. The molecule has 3 nitrogen and oxygen atoms in total. The average molecular weight is 464 g/mol.